The fourth-order valence-corrected chi connectivity index (χ4v) is 2.23. The van der Waals surface area contributed by atoms with Gasteiger partial charge in [0.25, 0.3) is 0 Å². The molecule has 3 nitrogen and oxygen atoms in total. The zero-order chi connectivity index (χ0) is 13.7. The van der Waals surface area contributed by atoms with Crippen LogP contribution in [0.15, 0.2) is 36.7 Å². The molecule has 2 heterocycles. The molecule has 0 unspecified atom stereocenters. The van der Waals surface area contributed by atoms with Gasteiger partial charge in [0.15, 0.2) is 0 Å². The first kappa shape index (κ1) is 12.6. The van der Waals surface area contributed by atoms with E-state index in [-0.39, 0.29) is 18.3 Å². The number of aromatic nitrogens is 1. The Labute approximate surface area is 114 Å². The lowest BCUT2D eigenvalue weighted by atomic mass is 9.78. The van der Waals surface area contributed by atoms with Gasteiger partial charge in [0.1, 0.15) is 0 Å². The molecule has 19 heavy (non-hydrogen) atoms. The third-order valence-corrected chi connectivity index (χ3v) is 4.19. The van der Waals surface area contributed by atoms with Crippen molar-refractivity contribution in [3.8, 4) is 0 Å². The van der Waals surface area contributed by atoms with E-state index in [0.717, 1.165) is 10.8 Å². The summed E-state index contributed by atoms with van der Waals surface area (Å²) in [4.78, 5) is 4.16. The molecule has 1 fully saturated rings. The Morgan fingerprint density at radius 2 is 1.63 bits per heavy atom. The van der Waals surface area contributed by atoms with E-state index in [2.05, 4.69) is 50.9 Å². The predicted molar refractivity (Wildman–Crippen MR) is 77.5 cm³/mol. The van der Waals surface area contributed by atoms with Crippen molar-refractivity contribution in [2.24, 2.45) is 0 Å². The summed E-state index contributed by atoms with van der Waals surface area (Å²) < 4.78 is 12.1. The van der Waals surface area contributed by atoms with E-state index in [1.165, 1.54) is 5.39 Å². The number of pyridine rings is 1. The summed E-state index contributed by atoms with van der Waals surface area (Å²) in [5.41, 5.74) is 0.433. The van der Waals surface area contributed by atoms with Crippen LogP contribution in [0, 0.1) is 0 Å². The van der Waals surface area contributed by atoms with Crippen LogP contribution < -0.4 is 5.46 Å². The first-order valence-corrected chi connectivity index (χ1v) is 6.58. The van der Waals surface area contributed by atoms with Gasteiger partial charge in [-0.15, -0.1) is 0 Å². The molecule has 0 N–H and O–H groups in total. The standard InChI is InChI=1S/C15H18BNO2/c1-14(2)15(3,4)19-16(18-14)13-6-5-11-7-8-17-10-12(11)9-13/h5-10H,1-4H3. The SMILES string of the molecule is CC1(C)OB(c2ccc3ccncc3c2)OC1(C)C. The molecule has 0 saturated carbocycles. The number of nitrogens with zero attached hydrogens (tertiary/aromatic N) is 1. The van der Waals surface area contributed by atoms with Gasteiger partial charge in [-0.05, 0) is 50.0 Å². The molecule has 0 bridgehead atoms. The predicted octanol–water partition coefficient (Wildman–Crippen LogP) is 2.53. The van der Waals surface area contributed by atoms with Crippen LogP contribution in [0.5, 0.6) is 0 Å². The first-order valence-electron chi connectivity index (χ1n) is 6.58. The molecule has 98 valence electrons. The molecule has 0 aliphatic carbocycles. The molecule has 1 aliphatic rings. The first-order chi connectivity index (χ1) is 8.89. The number of hydrogen-bond donors (Lipinski definition) is 0. The van der Waals surface area contributed by atoms with Crippen LogP contribution in [0.1, 0.15) is 27.7 Å². The monoisotopic (exact) mass is 255 g/mol. The average Bonchev–Trinajstić information content (AvgIpc) is 2.58. The smallest absolute Gasteiger partial charge is 0.399 e. The van der Waals surface area contributed by atoms with Crippen LogP contribution >= 0.6 is 0 Å². The second kappa shape index (κ2) is 4.05. The van der Waals surface area contributed by atoms with Crippen LogP contribution in [0.4, 0.5) is 0 Å². The Morgan fingerprint density at radius 1 is 0.947 bits per heavy atom. The molecule has 0 amide bonds. The van der Waals surface area contributed by atoms with Gasteiger partial charge in [-0.25, -0.2) is 0 Å². The molecule has 3 rings (SSSR count). The highest BCUT2D eigenvalue weighted by Gasteiger charge is 2.51. The zero-order valence-electron chi connectivity index (χ0n) is 11.8. The largest absolute Gasteiger partial charge is 0.494 e. The number of hydrogen-bond acceptors (Lipinski definition) is 3. The Morgan fingerprint density at radius 3 is 2.32 bits per heavy atom. The van der Waals surface area contributed by atoms with Crippen molar-refractivity contribution >= 4 is 23.4 Å². The maximum atomic E-state index is 6.06. The molecule has 1 aliphatic heterocycles. The minimum atomic E-state index is -0.311. The van der Waals surface area contributed by atoms with E-state index in [1.807, 2.05) is 12.3 Å². The van der Waals surface area contributed by atoms with Crippen LogP contribution in [-0.4, -0.2) is 23.3 Å². The maximum absolute atomic E-state index is 6.06. The Balaban J connectivity index is 1.98. The number of fused-ring (bicyclic) bond motifs is 1. The van der Waals surface area contributed by atoms with E-state index < -0.39 is 0 Å². The van der Waals surface area contributed by atoms with Crippen molar-refractivity contribution in [2.45, 2.75) is 38.9 Å². The number of benzene rings is 1. The fourth-order valence-electron chi connectivity index (χ4n) is 2.23. The molecule has 0 atom stereocenters. The van der Waals surface area contributed by atoms with Gasteiger partial charge in [-0.3, -0.25) is 4.98 Å². The summed E-state index contributed by atoms with van der Waals surface area (Å²) >= 11 is 0. The summed E-state index contributed by atoms with van der Waals surface area (Å²) in [7, 11) is -0.311. The van der Waals surface area contributed by atoms with Crippen LogP contribution in [0.25, 0.3) is 10.8 Å². The molecule has 1 aromatic carbocycles. The van der Waals surface area contributed by atoms with Crippen molar-refractivity contribution < 1.29 is 9.31 Å². The zero-order valence-corrected chi connectivity index (χ0v) is 11.8. The van der Waals surface area contributed by atoms with Gasteiger partial charge < -0.3 is 9.31 Å². The normalized spacial score (nSPS) is 20.9. The summed E-state index contributed by atoms with van der Waals surface area (Å²) in [6.07, 6.45) is 3.67. The quantitative estimate of drug-likeness (QED) is 0.734. The summed E-state index contributed by atoms with van der Waals surface area (Å²) in [5, 5.41) is 2.28. The van der Waals surface area contributed by atoms with Gasteiger partial charge in [-0.1, -0.05) is 18.2 Å². The van der Waals surface area contributed by atoms with E-state index in [9.17, 15) is 0 Å². The average molecular weight is 255 g/mol. The fraction of sp³-hybridized carbons (Fsp3) is 0.400. The lowest BCUT2D eigenvalue weighted by Crippen LogP contribution is -2.41. The molecule has 0 radical (unpaired) electrons. The Bertz CT molecular complexity index is 608. The van der Waals surface area contributed by atoms with E-state index >= 15 is 0 Å². The minimum absolute atomic E-state index is 0.304. The van der Waals surface area contributed by atoms with E-state index in [1.54, 1.807) is 6.20 Å². The molecular weight excluding hydrogens is 237 g/mol. The van der Waals surface area contributed by atoms with Crippen molar-refractivity contribution in [1.82, 2.24) is 4.98 Å². The van der Waals surface area contributed by atoms with Crippen LogP contribution in [-0.2, 0) is 9.31 Å². The third kappa shape index (κ3) is 2.05. The minimum Gasteiger partial charge on any atom is -0.399 e. The highest BCUT2D eigenvalue weighted by atomic mass is 16.7. The van der Waals surface area contributed by atoms with Gasteiger partial charge >= 0.3 is 7.12 Å². The Kier molecular flexibility index (Phi) is 2.70. The summed E-state index contributed by atoms with van der Waals surface area (Å²) in [5.74, 6) is 0. The van der Waals surface area contributed by atoms with Crippen LogP contribution in [0.2, 0.25) is 0 Å². The van der Waals surface area contributed by atoms with Crippen molar-refractivity contribution in [2.75, 3.05) is 0 Å². The van der Waals surface area contributed by atoms with E-state index in [4.69, 9.17) is 9.31 Å². The molecule has 1 aromatic heterocycles. The molecular formula is C15H18BNO2. The topological polar surface area (TPSA) is 31.4 Å². The second-order valence-electron chi connectivity index (χ2n) is 6.07. The lowest BCUT2D eigenvalue weighted by Gasteiger charge is -2.32. The van der Waals surface area contributed by atoms with Gasteiger partial charge in [-0.2, -0.15) is 0 Å². The van der Waals surface area contributed by atoms with Crippen molar-refractivity contribution in [1.29, 1.82) is 0 Å². The Hall–Kier alpha value is -1.39. The molecule has 2 aromatic rings. The maximum Gasteiger partial charge on any atom is 0.494 e. The number of rotatable bonds is 1. The molecule has 1 saturated heterocycles. The van der Waals surface area contributed by atoms with Gasteiger partial charge in [0.2, 0.25) is 0 Å². The highest BCUT2D eigenvalue weighted by molar-refractivity contribution is 6.62. The third-order valence-electron chi connectivity index (χ3n) is 4.19. The van der Waals surface area contributed by atoms with Crippen molar-refractivity contribution in [3.63, 3.8) is 0 Å². The lowest BCUT2D eigenvalue weighted by molar-refractivity contribution is 0.00578. The summed E-state index contributed by atoms with van der Waals surface area (Å²) in [6.45, 7) is 8.26. The van der Waals surface area contributed by atoms with E-state index in [0.29, 0.717) is 0 Å². The van der Waals surface area contributed by atoms with Crippen molar-refractivity contribution in [3.05, 3.63) is 36.7 Å². The highest BCUT2D eigenvalue weighted by Crippen LogP contribution is 2.36. The van der Waals surface area contributed by atoms with Crippen LogP contribution in [0.3, 0.4) is 0 Å². The molecule has 0 spiro atoms. The molecule has 4 heteroatoms. The van der Waals surface area contributed by atoms with Gasteiger partial charge in [0.05, 0.1) is 11.2 Å². The van der Waals surface area contributed by atoms with Gasteiger partial charge in [0, 0.05) is 12.4 Å². The summed E-state index contributed by atoms with van der Waals surface area (Å²) in [6, 6.07) is 8.23. The second-order valence-corrected chi connectivity index (χ2v) is 6.07.